The smallest absolute Gasteiger partial charge is 0.318 e. The van der Waals surface area contributed by atoms with Gasteiger partial charge in [-0.15, -0.1) is 0 Å². The lowest BCUT2D eigenvalue weighted by atomic mass is 9.88. The van der Waals surface area contributed by atoms with Crippen molar-refractivity contribution in [3.8, 4) is 11.5 Å². The summed E-state index contributed by atoms with van der Waals surface area (Å²) in [6, 6.07) is 23.0. The first-order valence-electron chi connectivity index (χ1n) is 10.6. The fourth-order valence-electron chi connectivity index (χ4n) is 4.52. The third kappa shape index (κ3) is 3.79. The van der Waals surface area contributed by atoms with Crippen LogP contribution in [0.25, 0.3) is 0 Å². The Labute approximate surface area is 181 Å². The van der Waals surface area contributed by atoms with Crippen molar-refractivity contribution < 1.29 is 19.1 Å². The van der Waals surface area contributed by atoms with E-state index in [-0.39, 0.29) is 18.6 Å². The van der Waals surface area contributed by atoms with Gasteiger partial charge in [0.05, 0.1) is 6.04 Å². The summed E-state index contributed by atoms with van der Waals surface area (Å²) in [6.07, 6.45) is 2.94. The first kappa shape index (κ1) is 19.4. The Balaban J connectivity index is 1.29. The minimum Gasteiger partial charge on any atom is -0.457 e. The van der Waals surface area contributed by atoms with Gasteiger partial charge in [-0.05, 0) is 42.5 Å². The lowest BCUT2D eigenvalue weighted by molar-refractivity contribution is -0.149. The molecule has 0 radical (unpaired) electrons. The van der Waals surface area contributed by atoms with Gasteiger partial charge in [-0.2, -0.15) is 0 Å². The van der Waals surface area contributed by atoms with Crippen molar-refractivity contribution in [1.82, 2.24) is 5.32 Å². The number of hydrogen-bond donors (Lipinski definition) is 1. The van der Waals surface area contributed by atoms with Crippen molar-refractivity contribution >= 4 is 11.9 Å². The number of para-hydroxylation sites is 2. The number of nitrogens with one attached hydrogen (secondary N) is 1. The maximum absolute atomic E-state index is 13.1. The van der Waals surface area contributed by atoms with Crippen LogP contribution in [-0.4, -0.2) is 18.5 Å². The summed E-state index contributed by atoms with van der Waals surface area (Å²) in [6.45, 7) is -0.306. The minimum atomic E-state index is -0.621. The van der Waals surface area contributed by atoms with Crippen LogP contribution in [0.15, 0.2) is 72.8 Å². The Bertz CT molecular complexity index is 1090. The van der Waals surface area contributed by atoms with Gasteiger partial charge in [-0.25, -0.2) is 0 Å². The first-order chi connectivity index (χ1) is 15.2. The van der Waals surface area contributed by atoms with Crippen LogP contribution in [0.1, 0.15) is 47.1 Å². The molecule has 5 heteroatoms. The molecule has 0 spiro atoms. The average molecular weight is 413 g/mol. The molecule has 0 aromatic heterocycles. The van der Waals surface area contributed by atoms with E-state index in [0.717, 1.165) is 36.0 Å². The first-order valence-corrected chi connectivity index (χ1v) is 10.6. The Morgan fingerprint density at radius 2 is 1.48 bits per heavy atom. The molecule has 0 unspecified atom stereocenters. The molecule has 5 nitrogen and oxygen atoms in total. The summed E-state index contributed by atoms with van der Waals surface area (Å²) < 4.78 is 11.4. The van der Waals surface area contributed by atoms with Gasteiger partial charge in [-0.1, -0.05) is 60.7 Å². The molecule has 1 aliphatic heterocycles. The van der Waals surface area contributed by atoms with Crippen molar-refractivity contribution in [2.75, 3.05) is 6.61 Å². The van der Waals surface area contributed by atoms with E-state index in [0.29, 0.717) is 11.5 Å². The van der Waals surface area contributed by atoms with Gasteiger partial charge in [0.2, 0.25) is 0 Å². The van der Waals surface area contributed by atoms with Crippen LogP contribution in [0.5, 0.6) is 11.5 Å². The van der Waals surface area contributed by atoms with E-state index in [2.05, 4.69) is 17.4 Å². The maximum Gasteiger partial charge on any atom is 0.318 e. The Morgan fingerprint density at radius 1 is 0.871 bits per heavy atom. The molecule has 3 aromatic rings. The van der Waals surface area contributed by atoms with E-state index < -0.39 is 11.9 Å². The molecule has 0 saturated carbocycles. The van der Waals surface area contributed by atoms with Gasteiger partial charge < -0.3 is 14.8 Å². The zero-order valence-electron chi connectivity index (χ0n) is 17.0. The van der Waals surface area contributed by atoms with E-state index in [1.807, 2.05) is 60.7 Å². The van der Waals surface area contributed by atoms with Crippen molar-refractivity contribution in [3.05, 3.63) is 95.1 Å². The van der Waals surface area contributed by atoms with Crippen LogP contribution in [0.2, 0.25) is 0 Å². The molecule has 1 amide bonds. The monoisotopic (exact) mass is 413 g/mol. The summed E-state index contributed by atoms with van der Waals surface area (Å²) in [5, 5.41) is 3.03. The molecule has 3 aromatic carbocycles. The minimum absolute atomic E-state index is 0.0410. The maximum atomic E-state index is 13.1. The van der Waals surface area contributed by atoms with Crippen molar-refractivity contribution in [3.63, 3.8) is 0 Å². The molecule has 0 bridgehead atoms. The number of carbonyl (C=O) groups excluding carboxylic acids is 2. The molecule has 1 heterocycles. The number of benzene rings is 3. The molecule has 1 atom stereocenters. The number of rotatable bonds is 4. The Hall–Kier alpha value is -3.60. The van der Waals surface area contributed by atoms with Crippen LogP contribution in [0, 0.1) is 0 Å². The molecule has 1 N–H and O–H groups in total. The zero-order valence-corrected chi connectivity index (χ0v) is 17.0. The zero-order chi connectivity index (χ0) is 21.2. The summed E-state index contributed by atoms with van der Waals surface area (Å²) in [5.74, 6) is -0.103. The van der Waals surface area contributed by atoms with Crippen LogP contribution in [-0.2, 0) is 20.7 Å². The predicted octanol–water partition coefficient (Wildman–Crippen LogP) is 4.66. The van der Waals surface area contributed by atoms with Crippen LogP contribution in [0.4, 0.5) is 0 Å². The van der Waals surface area contributed by atoms with E-state index in [4.69, 9.17) is 9.47 Å². The van der Waals surface area contributed by atoms with Gasteiger partial charge in [0.15, 0.2) is 6.61 Å². The van der Waals surface area contributed by atoms with E-state index in [1.54, 1.807) is 0 Å². The number of ether oxygens (including phenoxy) is 2. The van der Waals surface area contributed by atoms with Crippen LogP contribution < -0.4 is 10.1 Å². The van der Waals surface area contributed by atoms with Gasteiger partial charge in [-0.3, -0.25) is 9.59 Å². The van der Waals surface area contributed by atoms with Crippen LogP contribution in [0.3, 0.4) is 0 Å². The van der Waals surface area contributed by atoms with Gasteiger partial charge in [0, 0.05) is 11.1 Å². The lowest BCUT2D eigenvalue weighted by Crippen LogP contribution is -2.35. The highest BCUT2D eigenvalue weighted by Crippen LogP contribution is 2.44. The quantitative estimate of drug-likeness (QED) is 0.632. The normalized spacial score (nSPS) is 16.8. The summed E-state index contributed by atoms with van der Waals surface area (Å²) in [7, 11) is 0. The van der Waals surface area contributed by atoms with Crippen molar-refractivity contribution in [2.24, 2.45) is 0 Å². The second kappa shape index (κ2) is 8.26. The third-order valence-electron chi connectivity index (χ3n) is 5.97. The molecule has 1 aliphatic carbocycles. The standard InChI is InChI=1S/C26H23NO4/c28-24(27-21-13-7-9-17-8-1-2-10-18(17)21)16-30-26(29)25-19-11-3-5-14-22(19)31-23-15-6-4-12-20(23)25/h1-6,8,10-12,14-15,21,25H,7,9,13,16H2,(H,27,28)/t21-/m0/s1. The highest BCUT2D eigenvalue weighted by atomic mass is 16.5. The molecule has 0 saturated heterocycles. The fourth-order valence-corrected chi connectivity index (χ4v) is 4.52. The third-order valence-corrected chi connectivity index (χ3v) is 5.97. The van der Waals surface area contributed by atoms with Gasteiger partial charge >= 0.3 is 5.97 Å². The molecule has 156 valence electrons. The van der Waals surface area contributed by atoms with E-state index in [1.165, 1.54) is 5.56 Å². The molecule has 5 rings (SSSR count). The molecular weight excluding hydrogens is 390 g/mol. The van der Waals surface area contributed by atoms with Gasteiger partial charge in [0.25, 0.3) is 5.91 Å². The Morgan fingerprint density at radius 3 is 2.19 bits per heavy atom. The van der Waals surface area contributed by atoms with E-state index in [9.17, 15) is 9.59 Å². The number of esters is 1. The highest BCUT2D eigenvalue weighted by Gasteiger charge is 2.34. The number of amides is 1. The molecule has 2 aliphatic rings. The number of aryl methyl sites for hydroxylation is 1. The summed E-state index contributed by atoms with van der Waals surface area (Å²) in [4.78, 5) is 25.6. The lowest BCUT2D eigenvalue weighted by Gasteiger charge is -2.27. The molecule has 0 fully saturated rings. The van der Waals surface area contributed by atoms with Gasteiger partial charge in [0.1, 0.15) is 17.4 Å². The second-order valence-electron chi connectivity index (χ2n) is 7.93. The summed E-state index contributed by atoms with van der Waals surface area (Å²) in [5.41, 5.74) is 3.91. The summed E-state index contributed by atoms with van der Waals surface area (Å²) >= 11 is 0. The largest absolute Gasteiger partial charge is 0.457 e. The number of carbonyl (C=O) groups is 2. The van der Waals surface area contributed by atoms with Crippen molar-refractivity contribution in [1.29, 1.82) is 0 Å². The highest BCUT2D eigenvalue weighted by molar-refractivity contribution is 5.88. The molecular formula is C26H23NO4. The number of fused-ring (bicyclic) bond motifs is 3. The topological polar surface area (TPSA) is 64.6 Å². The SMILES string of the molecule is O=C(COC(=O)C1c2ccccc2Oc2ccccc21)N[C@H]1CCCc2ccccc21. The van der Waals surface area contributed by atoms with E-state index >= 15 is 0 Å². The van der Waals surface area contributed by atoms with Crippen LogP contribution >= 0.6 is 0 Å². The second-order valence-corrected chi connectivity index (χ2v) is 7.93. The molecule has 31 heavy (non-hydrogen) atoms. The average Bonchev–Trinajstić information content (AvgIpc) is 2.81. The predicted molar refractivity (Wildman–Crippen MR) is 116 cm³/mol. The Kier molecular flexibility index (Phi) is 5.16. The number of hydrogen-bond acceptors (Lipinski definition) is 4. The fraction of sp³-hybridized carbons (Fsp3) is 0.231. The van der Waals surface area contributed by atoms with Crippen molar-refractivity contribution in [2.45, 2.75) is 31.2 Å².